The molecular weight excluding hydrogens is 264 g/mol. The molecule has 0 amide bonds. The summed E-state index contributed by atoms with van der Waals surface area (Å²) in [6, 6.07) is 4.53. The number of carbonyl (C=O) groups is 1. The van der Waals surface area contributed by atoms with Crippen LogP contribution in [0.25, 0.3) is 0 Å². The zero-order valence-electron chi connectivity index (χ0n) is 9.31. The summed E-state index contributed by atoms with van der Waals surface area (Å²) in [6.07, 6.45) is 1.90. The molecule has 0 saturated carbocycles. The minimum absolute atomic E-state index is 0.00964. The third kappa shape index (κ3) is 4.36. The number of hydrogen-bond donors (Lipinski definition) is 1. The highest BCUT2D eigenvalue weighted by Crippen LogP contribution is 2.22. The van der Waals surface area contributed by atoms with Crippen molar-refractivity contribution < 1.29 is 18.3 Å². The summed E-state index contributed by atoms with van der Waals surface area (Å²) in [5, 5.41) is 8.98. The molecule has 0 heterocycles. The lowest BCUT2D eigenvalue weighted by atomic mass is 10.1. The van der Waals surface area contributed by atoms with E-state index >= 15 is 0 Å². The molecule has 0 aromatic heterocycles. The summed E-state index contributed by atoms with van der Waals surface area (Å²) in [5.74, 6) is -0.895. The molecule has 0 bridgehead atoms. The minimum Gasteiger partial charge on any atom is -0.481 e. The summed E-state index contributed by atoms with van der Waals surface area (Å²) in [4.78, 5) is 10.6. The Hall–Kier alpha value is -1.07. The second kappa shape index (κ2) is 5.51. The molecule has 1 aromatic rings. The van der Waals surface area contributed by atoms with Crippen LogP contribution in [0.15, 0.2) is 23.1 Å². The van der Waals surface area contributed by atoms with E-state index in [1.807, 2.05) is 0 Å². The number of carboxylic acids is 1. The SMILES string of the molecule is CS(=O)(=O)c1ccc(Cl)cc1CCCC(=O)O. The monoisotopic (exact) mass is 276 g/mol. The number of aliphatic carboxylic acids is 1. The largest absolute Gasteiger partial charge is 0.481 e. The molecule has 0 unspecified atom stereocenters. The van der Waals surface area contributed by atoms with Crippen LogP contribution in [0.5, 0.6) is 0 Å². The predicted octanol–water partition coefficient (Wildman–Crippen LogP) is 2.15. The molecule has 0 aliphatic rings. The van der Waals surface area contributed by atoms with Gasteiger partial charge in [-0.1, -0.05) is 11.6 Å². The van der Waals surface area contributed by atoms with Crippen LogP contribution in [0.1, 0.15) is 18.4 Å². The van der Waals surface area contributed by atoms with Crippen molar-refractivity contribution in [1.82, 2.24) is 0 Å². The third-order valence-electron chi connectivity index (χ3n) is 2.26. The molecule has 17 heavy (non-hydrogen) atoms. The number of hydrogen-bond acceptors (Lipinski definition) is 3. The Labute approximate surface area is 105 Å². The van der Waals surface area contributed by atoms with Crippen molar-refractivity contribution in [2.45, 2.75) is 24.2 Å². The quantitative estimate of drug-likeness (QED) is 0.894. The first kappa shape index (κ1) is 14.0. The van der Waals surface area contributed by atoms with Gasteiger partial charge in [0.25, 0.3) is 0 Å². The van der Waals surface area contributed by atoms with E-state index in [4.69, 9.17) is 16.7 Å². The second-order valence-corrected chi connectivity index (χ2v) is 6.19. The van der Waals surface area contributed by atoms with Crippen molar-refractivity contribution in [3.05, 3.63) is 28.8 Å². The molecule has 0 fully saturated rings. The van der Waals surface area contributed by atoms with Crippen molar-refractivity contribution in [3.63, 3.8) is 0 Å². The van der Waals surface area contributed by atoms with Crippen LogP contribution < -0.4 is 0 Å². The number of sulfone groups is 1. The number of carboxylic acid groups (broad SMARTS) is 1. The van der Waals surface area contributed by atoms with Gasteiger partial charge in [0.15, 0.2) is 9.84 Å². The van der Waals surface area contributed by atoms with Gasteiger partial charge in [-0.25, -0.2) is 8.42 Å². The molecule has 0 radical (unpaired) electrons. The zero-order chi connectivity index (χ0) is 13.1. The number of benzene rings is 1. The Kier molecular flexibility index (Phi) is 4.54. The maximum atomic E-state index is 11.5. The maximum absolute atomic E-state index is 11.5. The average Bonchev–Trinajstić information content (AvgIpc) is 2.15. The van der Waals surface area contributed by atoms with E-state index < -0.39 is 15.8 Å². The van der Waals surface area contributed by atoms with Crippen LogP contribution in [-0.2, 0) is 21.1 Å². The fourth-order valence-corrected chi connectivity index (χ4v) is 2.68. The molecular formula is C11H13ClO4S. The van der Waals surface area contributed by atoms with Crippen molar-refractivity contribution in [1.29, 1.82) is 0 Å². The van der Waals surface area contributed by atoms with E-state index in [9.17, 15) is 13.2 Å². The van der Waals surface area contributed by atoms with Gasteiger partial charge in [0.2, 0.25) is 0 Å². The third-order valence-corrected chi connectivity index (χ3v) is 3.69. The Morgan fingerprint density at radius 2 is 2.06 bits per heavy atom. The van der Waals surface area contributed by atoms with E-state index in [-0.39, 0.29) is 11.3 Å². The van der Waals surface area contributed by atoms with Gasteiger partial charge in [0.05, 0.1) is 4.90 Å². The summed E-state index contributed by atoms with van der Waals surface area (Å²) in [7, 11) is -3.31. The average molecular weight is 277 g/mol. The van der Waals surface area contributed by atoms with E-state index in [1.54, 1.807) is 6.07 Å². The first-order valence-corrected chi connectivity index (χ1v) is 7.28. The highest BCUT2D eigenvalue weighted by Gasteiger charge is 2.13. The van der Waals surface area contributed by atoms with E-state index in [1.165, 1.54) is 12.1 Å². The van der Waals surface area contributed by atoms with Crippen LogP contribution in [0.4, 0.5) is 0 Å². The summed E-state index contributed by atoms with van der Waals surface area (Å²) in [5.41, 5.74) is 0.571. The lowest BCUT2D eigenvalue weighted by Crippen LogP contribution is -2.04. The smallest absolute Gasteiger partial charge is 0.303 e. The van der Waals surface area contributed by atoms with Crippen LogP contribution in [-0.4, -0.2) is 25.7 Å². The summed E-state index contributed by atoms with van der Waals surface area (Å²) in [6.45, 7) is 0. The van der Waals surface area contributed by atoms with Gasteiger partial charge in [0, 0.05) is 17.7 Å². The molecule has 0 spiro atoms. The molecule has 0 atom stereocenters. The van der Waals surface area contributed by atoms with Crippen molar-refractivity contribution in [2.24, 2.45) is 0 Å². The standard InChI is InChI=1S/C11H13ClO4S/c1-17(15,16)10-6-5-9(12)7-8(10)3-2-4-11(13)14/h5-7H,2-4H2,1H3,(H,13,14). The van der Waals surface area contributed by atoms with Gasteiger partial charge in [-0.2, -0.15) is 0 Å². The Balaban J connectivity index is 2.96. The predicted molar refractivity (Wildman–Crippen MR) is 65.1 cm³/mol. The zero-order valence-corrected chi connectivity index (χ0v) is 10.9. The van der Waals surface area contributed by atoms with Gasteiger partial charge in [-0.05, 0) is 36.6 Å². The number of halogens is 1. The Morgan fingerprint density at radius 3 is 2.59 bits per heavy atom. The van der Waals surface area contributed by atoms with Crippen molar-refractivity contribution in [2.75, 3.05) is 6.26 Å². The fraction of sp³-hybridized carbons (Fsp3) is 0.364. The topological polar surface area (TPSA) is 71.4 Å². The first-order chi connectivity index (χ1) is 7.80. The normalized spacial score (nSPS) is 11.4. The number of aryl methyl sites for hydroxylation is 1. The van der Waals surface area contributed by atoms with Crippen molar-refractivity contribution >= 4 is 27.4 Å². The lowest BCUT2D eigenvalue weighted by Gasteiger charge is -2.07. The molecule has 4 nitrogen and oxygen atoms in total. The first-order valence-electron chi connectivity index (χ1n) is 5.01. The van der Waals surface area contributed by atoms with Gasteiger partial charge in [-0.3, -0.25) is 4.79 Å². The fourth-order valence-electron chi connectivity index (χ4n) is 1.54. The van der Waals surface area contributed by atoms with Crippen LogP contribution in [0, 0.1) is 0 Å². The Morgan fingerprint density at radius 1 is 1.41 bits per heavy atom. The van der Waals surface area contributed by atoms with Gasteiger partial charge in [-0.15, -0.1) is 0 Å². The highest BCUT2D eigenvalue weighted by molar-refractivity contribution is 7.90. The Bertz CT molecular complexity index is 522. The number of rotatable bonds is 5. The van der Waals surface area contributed by atoms with Crippen molar-refractivity contribution in [3.8, 4) is 0 Å². The molecule has 1 N–H and O–H groups in total. The highest BCUT2D eigenvalue weighted by atomic mass is 35.5. The minimum atomic E-state index is -3.31. The molecule has 6 heteroatoms. The molecule has 1 aromatic carbocycles. The maximum Gasteiger partial charge on any atom is 0.303 e. The van der Waals surface area contributed by atoms with Gasteiger partial charge >= 0.3 is 5.97 Å². The van der Waals surface area contributed by atoms with E-state index in [0.717, 1.165) is 6.26 Å². The summed E-state index contributed by atoms with van der Waals surface area (Å²) >= 11 is 5.80. The van der Waals surface area contributed by atoms with Crippen LogP contribution in [0.3, 0.4) is 0 Å². The lowest BCUT2D eigenvalue weighted by molar-refractivity contribution is -0.137. The van der Waals surface area contributed by atoms with Crippen LogP contribution in [0.2, 0.25) is 5.02 Å². The molecule has 1 rings (SSSR count). The second-order valence-electron chi connectivity index (χ2n) is 3.77. The molecule has 0 aliphatic heterocycles. The molecule has 94 valence electrons. The van der Waals surface area contributed by atoms with E-state index in [0.29, 0.717) is 23.4 Å². The summed E-state index contributed by atoms with van der Waals surface area (Å²) < 4.78 is 23.0. The van der Waals surface area contributed by atoms with Crippen LogP contribution >= 0.6 is 11.6 Å². The van der Waals surface area contributed by atoms with Gasteiger partial charge < -0.3 is 5.11 Å². The van der Waals surface area contributed by atoms with Gasteiger partial charge in [0.1, 0.15) is 0 Å². The van der Waals surface area contributed by atoms with E-state index in [2.05, 4.69) is 0 Å². The molecule has 0 saturated heterocycles. The molecule has 0 aliphatic carbocycles.